The molecule has 0 atom stereocenters. The molecular weight excluding hydrogens is 191 g/mol. The summed E-state index contributed by atoms with van der Waals surface area (Å²) in [7, 11) is -5.26. The molecule has 0 amide bonds. The van der Waals surface area contributed by atoms with E-state index in [9.17, 15) is 21.6 Å². The lowest BCUT2D eigenvalue weighted by Gasteiger charge is -2.04. The molecule has 0 aromatic rings. The van der Waals surface area contributed by atoms with Crippen molar-refractivity contribution < 1.29 is 21.6 Å². The van der Waals surface area contributed by atoms with Gasteiger partial charge in [0, 0.05) is 0 Å². The van der Waals surface area contributed by atoms with E-state index in [4.69, 9.17) is 0 Å². The maximum atomic E-state index is 11.3. The molecule has 0 aliphatic rings. The summed E-state index contributed by atoms with van der Waals surface area (Å²) in [5, 5.41) is 0. The highest BCUT2D eigenvalue weighted by Gasteiger charge is 2.45. The Morgan fingerprint density at radius 3 is 1.90 bits per heavy atom. The molecule has 0 aliphatic heterocycles. The van der Waals surface area contributed by atoms with Crippen LogP contribution in [0.3, 0.4) is 0 Å². The quantitative estimate of drug-likeness (QED) is 0.645. The van der Waals surface area contributed by atoms with Gasteiger partial charge in [-0.2, -0.15) is 21.6 Å². The molecule has 0 saturated heterocycles. The Bertz CT molecular complexity index is 217. The van der Waals surface area contributed by atoms with E-state index in [0.717, 1.165) is 4.72 Å². The first-order chi connectivity index (χ1) is 4.31. The molecule has 0 rings (SSSR count). The summed E-state index contributed by atoms with van der Waals surface area (Å²) < 4.78 is 54.7. The van der Waals surface area contributed by atoms with Gasteiger partial charge in [0.05, 0.1) is 5.49 Å². The van der Waals surface area contributed by atoms with Crippen molar-refractivity contribution in [3.05, 3.63) is 0 Å². The Morgan fingerprint density at radius 2 is 1.80 bits per heavy atom. The molecule has 1 N–H and O–H groups in total. The van der Waals surface area contributed by atoms with Gasteiger partial charge >= 0.3 is 15.5 Å². The van der Waals surface area contributed by atoms with Crippen LogP contribution in [0.15, 0.2) is 0 Å². The molecule has 0 heterocycles. The van der Waals surface area contributed by atoms with E-state index in [1.165, 1.54) is 0 Å². The second kappa shape index (κ2) is 2.70. The Morgan fingerprint density at radius 1 is 1.40 bits per heavy atom. The van der Waals surface area contributed by atoms with Gasteiger partial charge in [-0.05, 0) is 0 Å². The molecule has 10 heavy (non-hydrogen) atoms. The number of thiocarbonyl (C=S) groups is 1. The molecule has 0 spiro atoms. The lowest BCUT2D eigenvalue weighted by atomic mass is 11.5. The maximum absolute atomic E-state index is 11.3. The summed E-state index contributed by atoms with van der Waals surface area (Å²) in [6.45, 7) is 0. The monoisotopic (exact) mass is 193 g/mol. The highest BCUT2D eigenvalue weighted by molar-refractivity contribution is 7.92. The van der Waals surface area contributed by atoms with Crippen molar-refractivity contribution in [3.8, 4) is 0 Å². The summed E-state index contributed by atoms with van der Waals surface area (Å²) >= 11 is 3.85. The van der Waals surface area contributed by atoms with E-state index in [1.807, 2.05) is 0 Å². The van der Waals surface area contributed by atoms with Crippen LogP contribution in [0.25, 0.3) is 0 Å². The number of alkyl halides is 3. The standard InChI is InChI=1S/C2H2F3NO2S2/c3-2(4,5)10(7,8)6-1-9/h1H,(H,6,9). The highest BCUT2D eigenvalue weighted by atomic mass is 32.2. The molecule has 0 aliphatic carbocycles. The normalized spacial score (nSPS) is 12.7. The van der Waals surface area contributed by atoms with E-state index < -0.39 is 15.5 Å². The zero-order valence-corrected chi connectivity index (χ0v) is 5.98. The molecular formula is C2H2F3NO2S2. The number of hydrogen-bond acceptors (Lipinski definition) is 3. The topological polar surface area (TPSA) is 46.2 Å². The third-order valence-corrected chi connectivity index (χ3v) is 1.81. The molecule has 0 fully saturated rings. The van der Waals surface area contributed by atoms with Crippen molar-refractivity contribution in [2.24, 2.45) is 0 Å². The average molecular weight is 193 g/mol. The molecule has 0 unspecified atom stereocenters. The van der Waals surface area contributed by atoms with Crippen LogP contribution in [0.2, 0.25) is 0 Å². The molecule has 3 nitrogen and oxygen atoms in total. The first kappa shape index (κ1) is 9.63. The fraction of sp³-hybridized carbons (Fsp3) is 0.500. The lowest BCUT2D eigenvalue weighted by molar-refractivity contribution is -0.0441. The number of hydrogen-bond donors (Lipinski definition) is 1. The van der Waals surface area contributed by atoms with E-state index in [2.05, 4.69) is 12.2 Å². The van der Waals surface area contributed by atoms with Crippen molar-refractivity contribution in [2.45, 2.75) is 5.51 Å². The van der Waals surface area contributed by atoms with E-state index in [0.29, 0.717) is 0 Å². The zero-order valence-electron chi connectivity index (χ0n) is 4.34. The summed E-state index contributed by atoms with van der Waals surface area (Å²) in [5.74, 6) is 0. The Labute approximate surface area is 60.3 Å². The molecule has 0 saturated carbocycles. The average Bonchev–Trinajstić information content (AvgIpc) is 1.61. The van der Waals surface area contributed by atoms with Crippen LogP contribution in [0, 0.1) is 0 Å². The highest BCUT2D eigenvalue weighted by Crippen LogP contribution is 2.20. The molecule has 60 valence electrons. The third-order valence-electron chi connectivity index (χ3n) is 0.508. The second-order valence-corrected chi connectivity index (χ2v) is 3.13. The van der Waals surface area contributed by atoms with Crippen LogP contribution in [-0.4, -0.2) is 19.4 Å². The van der Waals surface area contributed by atoms with Crippen LogP contribution < -0.4 is 4.72 Å². The molecule has 0 radical (unpaired) electrons. The Kier molecular flexibility index (Phi) is 2.60. The van der Waals surface area contributed by atoms with Crippen LogP contribution in [0.4, 0.5) is 13.2 Å². The Balaban J connectivity index is 4.59. The zero-order chi connectivity index (χ0) is 8.41. The van der Waals surface area contributed by atoms with Gasteiger partial charge in [-0.25, -0.2) is 0 Å². The number of sulfonamides is 1. The fourth-order valence-electron chi connectivity index (χ4n) is 0.130. The largest absolute Gasteiger partial charge is 0.516 e. The first-order valence-corrected chi connectivity index (χ1v) is 3.79. The molecule has 8 heteroatoms. The van der Waals surface area contributed by atoms with Gasteiger partial charge in [0.25, 0.3) is 0 Å². The predicted octanol–water partition coefficient (Wildman–Crippen LogP) is 0.383. The van der Waals surface area contributed by atoms with E-state index in [-0.39, 0.29) is 5.49 Å². The SMILES string of the molecule is O=S(=O)(NC=S)C(F)(F)F. The first-order valence-electron chi connectivity index (χ1n) is 1.83. The van der Waals surface area contributed by atoms with Crippen LogP contribution in [-0.2, 0) is 10.0 Å². The molecule has 0 bridgehead atoms. The van der Waals surface area contributed by atoms with Gasteiger partial charge in [-0.15, -0.1) is 0 Å². The van der Waals surface area contributed by atoms with Gasteiger partial charge < -0.3 is 0 Å². The van der Waals surface area contributed by atoms with Gasteiger partial charge in [0.2, 0.25) is 0 Å². The van der Waals surface area contributed by atoms with Crippen molar-refractivity contribution in [2.75, 3.05) is 0 Å². The lowest BCUT2D eigenvalue weighted by Crippen LogP contribution is -2.34. The number of rotatable bonds is 2. The second-order valence-electron chi connectivity index (χ2n) is 1.18. The maximum Gasteiger partial charge on any atom is 0.516 e. The fourth-order valence-corrected chi connectivity index (χ4v) is 0.771. The van der Waals surface area contributed by atoms with Gasteiger partial charge in [-0.1, -0.05) is 12.2 Å². The molecule has 0 aromatic carbocycles. The minimum absolute atomic E-state index is 0.281. The Hall–Kier alpha value is -0.370. The van der Waals surface area contributed by atoms with Crippen molar-refractivity contribution in [1.29, 1.82) is 0 Å². The van der Waals surface area contributed by atoms with Crippen molar-refractivity contribution in [3.63, 3.8) is 0 Å². The van der Waals surface area contributed by atoms with Gasteiger partial charge in [-0.3, -0.25) is 4.72 Å². The van der Waals surface area contributed by atoms with Crippen LogP contribution in [0.5, 0.6) is 0 Å². The van der Waals surface area contributed by atoms with Crippen LogP contribution >= 0.6 is 12.2 Å². The summed E-state index contributed by atoms with van der Waals surface area (Å²) in [4.78, 5) is 0. The summed E-state index contributed by atoms with van der Waals surface area (Å²) in [6, 6.07) is 0. The molecule has 0 aromatic heterocycles. The number of halogens is 3. The van der Waals surface area contributed by atoms with Crippen molar-refractivity contribution in [1.82, 2.24) is 4.72 Å². The van der Waals surface area contributed by atoms with Gasteiger partial charge in [0.1, 0.15) is 0 Å². The minimum Gasteiger partial charge on any atom is -0.273 e. The number of nitrogens with one attached hydrogen (secondary N) is 1. The van der Waals surface area contributed by atoms with E-state index in [1.54, 1.807) is 0 Å². The third kappa shape index (κ3) is 2.10. The van der Waals surface area contributed by atoms with Crippen molar-refractivity contribution >= 4 is 27.7 Å². The van der Waals surface area contributed by atoms with Gasteiger partial charge in [0.15, 0.2) is 0 Å². The smallest absolute Gasteiger partial charge is 0.273 e. The minimum atomic E-state index is -5.29. The predicted molar refractivity (Wildman–Crippen MR) is 31.8 cm³/mol. The van der Waals surface area contributed by atoms with E-state index >= 15 is 0 Å². The summed E-state index contributed by atoms with van der Waals surface area (Å²) in [5.41, 5.74) is -5.01. The summed E-state index contributed by atoms with van der Waals surface area (Å²) in [6.07, 6.45) is 0. The van der Waals surface area contributed by atoms with Crippen LogP contribution in [0.1, 0.15) is 0 Å².